The van der Waals surface area contributed by atoms with Crippen molar-refractivity contribution in [3.8, 4) is 0 Å². The van der Waals surface area contributed by atoms with Crippen molar-refractivity contribution in [2.24, 2.45) is 4.99 Å². The molecule has 1 heterocycles. The Hall–Kier alpha value is 0. The van der Waals surface area contributed by atoms with Gasteiger partial charge in [-0.05, 0) is 33.1 Å². The highest BCUT2D eigenvalue weighted by molar-refractivity contribution is 14.1. The Morgan fingerprint density at radius 2 is 2.00 bits per heavy atom. The van der Waals surface area contributed by atoms with Gasteiger partial charge < -0.3 is 9.64 Å². The van der Waals surface area contributed by atoms with E-state index in [1.165, 1.54) is 44.9 Å². The van der Waals surface area contributed by atoms with Crippen LogP contribution in [-0.2, 0) is 4.74 Å². The smallest absolute Gasteiger partial charge is 0.287 e. The van der Waals surface area contributed by atoms with Crippen molar-refractivity contribution in [3.05, 3.63) is 0 Å². The van der Waals surface area contributed by atoms with E-state index in [9.17, 15) is 0 Å². The lowest BCUT2D eigenvalue weighted by atomic mass is 9.99. The Kier molecular flexibility index (Phi) is 8.35. The molecule has 2 unspecified atom stereocenters. The van der Waals surface area contributed by atoms with Gasteiger partial charge in [0.15, 0.2) is 0 Å². The summed E-state index contributed by atoms with van der Waals surface area (Å²) in [5.41, 5.74) is 0. The third kappa shape index (κ3) is 6.33. The van der Waals surface area contributed by atoms with Crippen molar-refractivity contribution >= 4 is 28.6 Å². The Bertz CT molecular complexity index is 329. The summed E-state index contributed by atoms with van der Waals surface area (Å²) < 4.78 is 6.20. The van der Waals surface area contributed by atoms with Gasteiger partial charge in [0.25, 0.3) is 6.02 Å². The topological polar surface area (TPSA) is 24.8 Å². The predicted molar refractivity (Wildman–Crippen MR) is 100 cm³/mol. The van der Waals surface area contributed by atoms with E-state index in [0.717, 1.165) is 12.6 Å². The average molecular weight is 408 g/mol. The molecule has 0 aromatic carbocycles. The van der Waals surface area contributed by atoms with Gasteiger partial charge in [-0.3, -0.25) is 0 Å². The summed E-state index contributed by atoms with van der Waals surface area (Å²) >= 11 is 2.61. The first-order valence-electron chi connectivity index (χ1n) is 8.48. The second-order valence-electron chi connectivity index (χ2n) is 6.69. The number of hydrogen-bond acceptors (Lipinski definition) is 2. The van der Waals surface area contributed by atoms with Crippen LogP contribution in [0, 0.1) is 0 Å². The number of ether oxygens (including phenoxy) is 1. The zero-order valence-corrected chi connectivity index (χ0v) is 16.6. The SMILES string of the molecule is CCC(C)(I)CCCCCCC1CO/C(=N/C)N1C(C)C. The van der Waals surface area contributed by atoms with E-state index in [1.807, 2.05) is 7.05 Å². The van der Waals surface area contributed by atoms with Crippen LogP contribution in [-0.4, -0.2) is 40.1 Å². The zero-order chi connectivity index (χ0) is 15.9. The maximum absolute atomic E-state index is 5.70. The monoisotopic (exact) mass is 408 g/mol. The van der Waals surface area contributed by atoms with Crippen LogP contribution in [0.25, 0.3) is 0 Å². The molecule has 1 rings (SSSR count). The summed E-state index contributed by atoms with van der Waals surface area (Å²) in [7, 11) is 1.82. The van der Waals surface area contributed by atoms with Crippen molar-refractivity contribution in [1.82, 2.24) is 4.90 Å². The largest absolute Gasteiger partial charge is 0.463 e. The molecule has 0 aliphatic carbocycles. The number of amidine groups is 1. The van der Waals surface area contributed by atoms with E-state index in [4.69, 9.17) is 4.74 Å². The second kappa shape index (κ2) is 9.21. The van der Waals surface area contributed by atoms with Crippen LogP contribution >= 0.6 is 22.6 Å². The molecule has 3 nitrogen and oxygen atoms in total. The van der Waals surface area contributed by atoms with Crippen molar-refractivity contribution in [3.63, 3.8) is 0 Å². The van der Waals surface area contributed by atoms with E-state index >= 15 is 0 Å². The molecule has 0 aromatic rings. The summed E-state index contributed by atoms with van der Waals surface area (Å²) in [6.07, 6.45) is 9.23. The fourth-order valence-electron chi connectivity index (χ4n) is 2.93. The number of hydrogen-bond donors (Lipinski definition) is 0. The Labute approximate surface area is 145 Å². The molecule has 0 N–H and O–H groups in total. The standard InChI is InChI=1S/C17H33IN2O/c1-6-17(4,18)12-10-8-7-9-11-15-13-21-16(19-5)20(15)14(2)3/h14-15H,6-13H2,1-5H3/b19-16+. The molecule has 0 saturated carbocycles. The number of rotatable bonds is 9. The van der Waals surface area contributed by atoms with E-state index < -0.39 is 0 Å². The van der Waals surface area contributed by atoms with Gasteiger partial charge in [0, 0.05) is 16.5 Å². The molecule has 0 amide bonds. The molecule has 1 aliphatic heterocycles. The van der Waals surface area contributed by atoms with Crippen molar-refractivity contribution in [2.75, 3.05) is 13.7 Å². The fraction of sp³-hybridized carbons (Fsp3) is 0.941. The lowest BCUT2D eigenvalue weighted by Gasteiger charge is -2.27. The van der Waals surface area contributed by atoms with Gasteiger partial charge in [-0.1, -0.05) is 62.1 Å². The van der Waals surface area contributed by atoms with Crippen molar-refractivity contribution in [2.45, 2.75) is 88.1 Å². The average Bonchev–Trinajstić information content (AvgIpc) is 2.85. The maximum Gasteiger partial charge on any atom is 0.287 e. The molecule has 0 spiro atoms. The summed E-state index contributed by atoms with van der Waals surface area (Å²) in [4.78, 5) is 6.60. The van der Waals surface area contributed by atoms with Crippen molar-refractivity contribution < 1.29 is 4.74 Å². The Morgan fingerprint density at radius 3 is 2.57 bits per heavy atom. The Balaban J connectivity index is 2.21. The minimum atomic E-state index is 0.473. The highest BCUT2D eigenvalue weighted by Gasteiger charge is 2.32. The van der Waals surface area contributed by atoms with Gasteiger partial charge in [0.2, 0.25) is 0 Å². The number of unbranched alkanes of at least 4 members (excludes halogenated alkanes) is 3. The molecule has 124 valence electrons. The van der Waals surface area contributed by atoms with Gasteiger partial charge in [-0.2, -0.15) is 0 Å². The van der Waals surface area contributed by atoms with E-state index in [-0.39, 0.29) is 0 Å². The van der Waals surface area contributed by atoms with Gasteiger partial charge in [-0.15, -0.1) is 0 Å². The molecule has 0 aromatic heterocycles. The first-order chi connectivity index (χ1) is 9.91. The normalized spacial score (nSPS) is 23.7. The molecular formula is C17H33IN2O. The minimum absolute atomic E-state index is 0.473. The summed E-state index contributed by atoms with van der Waals surface area (Å²) in [6, 6.07) is 1.83. The van der Waals surface area contributed by atoms with Crippen molar-refractivity contribution in [1.29, 1.82) is 0 Å². The highest BCUT2D eigenvalue weighted by Crippen LogP contribution is 2.29. The lowest BCUT2D eigenvalue weighted by molar-refractivity contribution is 0.263. The van der Waals surface area contributed by atoms with Gasteiger partial charge in [0.05, 0.1) is 6.04 Å². The van der Waals surface area contributed by atoms with Gasteiger partial charge >= 0.3 is 0 Å². The zero-order valence-electron chi connectivity index (χ0n) is 14.5. The lowest BCUT2D eigenvalue weighted by Crippen LogP contribution is -2.39. The van der Waals surface area contributed by atoms with Crippen LogP contribution in [0.5, 0.6) is 0 Å². The predicted octanol–water partition coefficient (Wildman–Crippen LogP) is 5.03. The quantitative estimate of drug-likeness (QED) is 0.304. The number of nitrogens with zero attached hydrogens (tertiary/aromatic N) is 2. The van der Waals surface area contributed by atoms with E-state index in [1.54, 1.807) is 0 Å². The number of aliphatic imine (C=N–C) groups is 1. The van der Waals surface area contributed by atoms with Crippen LogP contribution in [0.1, 0.15) is 72.6 Å². The first-order valence-corrected chi connectivity index (χ1v) is 9.56. The molecule has 1 aliphatic rings. The molecule has 4 heteroatoms. The molecule has 21 heavy (non-hydrogen) atoms. The maximum atomic E-state index is 5.70. The molecule has 0 bridgehead atoms. The molecule has 2 atom stereocenters. The van der Waals surface area contributed by atoms with Crippen LogP contribution in [0.2, 0.25) is 0 Å². The van der Waals surface area contributed by atoms with Crippen LogP contribution in [0.4, 0.5) is 0 Å². The summed E-state index contributed by atoms with van der Waals surface area (Å²) in [5, 5.41) is 0. The highest BCUT2D eigenvalue weighted by atomic mass is 127. The van der Waals surface area contributed by atoms with Crippen LogP contribution in [0.15, 0.2) is 4.99 Å². The van der Waals surface area contributed by atoms with Crippen LogP contribution < -0.4 is 0 Å². The molecular weight excluding hydrogens is 375 g/mol. The number of halogens is 1. The van der Waals surface area contributed by atoms with Gasteiger partial charge in [0.1, 0.15) is 6.61 Å². The summed E-state index contributed by atoms with van der Waals surface area (Å²) in [5.74, 6) is 0. The third-order valence-electron chi connectivity index (χ3n) is 4.49. The minimum Gasteiger partial charge on any atom is -0.463 e. The Morgan fingerprint density at radius 1 is 1.33 bits per heavy atom. The molecule has 0 radical (unpaired) electrons. The van der Waals surface area contributed by atoms with Gasteiger partial charge in [-0.25, -0.2) is 4.99 Å². The van der Waals surface area contributed by atoms with E-state index in [2.05, 4.69) is 60.2 Å². The third-order valence-corrected chi connectivity index (χ3v) is 5.79. The van der Waals surface area contributed by atoms with E-state index in [0.29, 0.717) is 15.5 Å². The first kappa shape index (κ1) is 19.0. The second-order valence-corrected chi connectivity index (χ2v) is 9.30. The fourth-order valence-corrected chi connectivity index (χ4v) is 3.31. The molecule has 1 fully saturated rings. The number of alkyl halides is 1. The van der Waals surface area contributed by atoms with Crippen LogP contribution in [0.3, 0.4) is 0 Å². The molecule has 1 saturated heterocycles. The summed E-state index contributed by atoms with van der Waals surface area (Å²) in [6.45, 7) is 9.92.